The second kappa shape index (κ2) is 5.78. The van der Waals surface area contributed by atoms with E-state index in [0.29, 0.717) is 10.6 Å². The topological polar surface area (TPSA) is 42.0 Å². The molecule has 3 rings (SSSR count). The number of rotatable bonds is 2. The van der Waals surface area contributed by atoms with Gasteiger partial charge in [-0.1, -0.05) is 35.9 Å². The molecule has 2 aromatic carbocycles. The molecule has 4 heteroatoms. The summed E-state index contributed by atoms with van der Waals surface area (Å²) in [6.45, 7) is 2.03. The highest BCUT2D eigenvalue weighted by molar-refractivity contribution is 6.33. The van der Waals surface area contributed by atoms with Gasteiger partial charge >= 0.3 is 0 Å². The van der Waals surface area contributed by atoms with Crippen molar-refractivity contribution in [2.75, 3.05) is 7.05 Å². The van der Waals surface area contributed by atoms with Crippen molar-refractivity contribution in [1.29, 1.82) is 0 Å². The summed E-state index contributed by atoms with van der Waals surface area (Å²) in [5.41, 5.74) is 3.22. The average Bonchev–Trinajstić information content (AvgIpc) is 2.56. The van der Waals surface area contributed by atoms with Gasteiger partial charge in [-0.05, 0) is 36.1 Å². The molecule has 0 aliphatic rings. The molecule has 0 spiro atoms. The maximum absolute atomic E-state index is 11.9. The second-order valence-electron chi connectivity index (χ2n) is 5.11. The lowest BCUT2D eigenvalue weighted by Crippen LogP contribution is -2.17. The first kappa shape index (κ1) is 14.5. The third kappa shape index (κ3) is 2.44. The normalized spacial score (nSPS) is 10.7. The molecule has 0 radical (unpaired) electrons. The van der Waals surface area contributed by atoms with E-state index in [1.54, 1.807) is 25.2 Å². The van der Waals surface area contributed by atoms with Crippen molar-refractivity contribution in [2.45, 2.75) is 6.92 Å². The van der Waals surface area contributed by atoms with E-state index in [1.807, 2.05) is 31.3 Å². The van der Waals surface area contributed by atoms with Crippen molar-refractivity contribution in [3.8, 4) is 11.3 Å². The molecule has 0 bridgehead atoms. The van der Waals surface area contributed by atoms with Crippen LogP contribution in [0.1, 0.15) is 15.9 Å². The predicted molar refractivity (Wildman–Crippen MR) is 90.3 cm³/mol. The van der Waals surface area contributed by atoms with Gasteiger partial charge in [0.15, 0.2) is 0 Å². The molecule has 0 fully saturated rings. The minimum Gasteiger partial charge on any atom is -0.355 e. The van der Waals surface area contributed by atoms with Crippen LogP contribution in [0.3, 0.4) is 0 Å². The SMILES string of the molecule is CNC(=O)c1ccc(Cl)c(-c2ncc(C)c3ccccc23)c1. The number of pyridine rings is 1. The van der Waals surface area contributed by atoms with Gasteiger partial charge in [0, 0.05) is 29.8 Å². The number of carbonyl (C=O) groups is 1. The third-order valence-corrected chi connectivity index (χ3v) is 4.03. The molecule has 0 unspecified atom stereocenters. The van der Waals surface area contributed by atoms with Crippen LogP contribution < -0.4 is 5.32 Å². The van der Waals surface area contributed by atoms with Crippen LogP contribution in [0.25, 0.3) is 22.0 Å². The van der Waals surface area contributed by atoms with Crippen LogP contribution in [0, 0.1) is 6.92 Å². The highest BCUT2D eigenvalue weighted by Crippen LogP contribution is 2.33. The van der Waals surface area contributed by atoms with E-state index in [9.17, 15) is 4.79 Å². The molecule has 3 nitrogen and oxygen atoms in total. The molecule has 0 aliphatic heterocycles. The number of carbonyl (C=O) groups excluding carboxylic acids is 1. The Balaban J connectivity index is 2.28. The van der Waals surface area contributed by atoms with E-state index in [0.717, 1.165) is 27.6 Å². The molecule has 1 amide bonds. The average molecular weight is 311 g/mol. The fourth-order valence-electron chi connectivity index (χ4n) is 2.54. The van der Waals surface area contributed by atoms with E-state index in [4.69, 9.17) is 11.6 Å². The molecule has 110 valence electrons. The number of benzene rings is 2. The zero-order valence-electron chi connectivity index (χ0n) is 12.4. The summed E-state index contributed by atoms with van der Waals surface area (Å²) in [7, 11) is 1.61. The van der Waals surface area contributed by atoms with Crippen molar-refractivity contribution < 1.29 is 4.79 Å². The summed E-state index contributed by atoms with van der Waals surface area (Å²) in [6, 6.07) is 13.3. The fraction of sp³-hybridized carbons (Fsp3) is 0.111. The van der Waals surface area contributed by atoms with Crippen molar-refractivity contribution in [3.05, 3.63) is 64.8 Å². The number of amides is 1. The quantitative estimate of drug-likeness (QED) is 0.770. The van der Waals surface area contributed by atoms with Gasteiger partial charge in [-0.15, -0.1) is 0 Å². The smallest absolute Gasteiger partial charge is 0.251 e. The maximum atomic E-state index is 11.9. The number of aromatic nitrogens is 1. The summed E-state index contributed by atoms with van der Waals surface area (Å²) in [5.74, 6) is -0.144. The molecule has 0 atom stereocenters. The Morgan fingerprint density at radius 2 is 1.86 bits per heavy atom. The molecule has 22 heavy (non-hydrogen) atoms. The van der Waals surface area contributed by atoms with E-state index in [1.165, 1.54) is 0 Å². The molecule has 3 aromatic rings. The predicted octanol–water partition coefficient (Wildman–Crippen LogP) is 4.22. The van der Waals surface area contributed by atoms with Crippen LogP contribution in [0.2, 0.25) is 5.02 Å². The van der Waals surface area contributed by atoms with Crippen molar-refractivity contribution >= 4 is 28.3 Å². The maximum Gasteiger partial charge on any atom is 0.251 e. The molecular weight excluding hydrogens is 296 g/mol. The summed E-state index contributed by atoms with van der Waals surface area (Å²) in [5, 5.41) is 5.36. The Morgan fingerprint density at radius 1 is 1.14 bits per heavy atom. The molecule has 1 aromatic heterocycles. The number of halogens is 1. The molecule has 1 N–H and O–H groups in total. The Bertz CT molecular complexity index is 874. The molecule has 0 saturated heterocycles. The zero-order valence-corrected chi connectivity index (χ0v) is 13.1. The Labute approximate surface area is 133 Å². The first-order valence-electron chi connectivity index (χ1n) is 6.98. The summed E-state index contributed by atoms with van der Waals surface area (Å²) in [6.07, 6.45) is 1.83. The van der Waals surface area contributed by atoms with Crippen LogP contribution >= 0.6 is 11.6 Å². The fourth-order valence-corrected chi connectivity index (χ4v) is 2.75. The van der Waals surface area contributed by atoms with Crippen molar-refractivity contribution in [1.82, 2.24) is 10.3 Å². The van der Waals surface area contributed by atoms with Crippen molar-refractivity contribution in [2.24, 2.45) is 0 Å². The van der Waals surface area contributed by atoms with Crippen molar-refractivity contribution in [3.63, 3.8) is 0 Å². The van der Waals surface area contributed by atoms with Gasteiger partial charge in [0.2, 0.25) is 0 Å². The van der Waals surface area contributed by atoms with Crippen LogP contribution in [0.4, 0.5) is 0 Å². The lowest BCUT2D eigenvalue weighted by molar-refractivity contribution is 0.0963. The number of nitrogens with zero attached hydrogens (tertiary/aromatic N) is 1. The van der Waals surface area contributed by atoms with Crippen LogP contribution in [-0.2, 0) is 0 Å². The lowest BCUT2D eigenvalue weighted by Gasteiger charge is -2.11. The molecular formula is C18H15ClN2O. The summed E-state index contributed by atoms with van der Waals surface area (Å²) >= 11 is 6.35. The highest BCUT2D eigenvalue weighted by atomic mass is 35.5. The van der Waals surface area contributed by atoms with Gasteiger partial charge < -0.3 is 5.32 Å². The summed E-state index contributed by atoms with van der Waals surface area (Å²) < 4.78 is 0. The molecule has 0 aliphatic carbocycles. The monoisotopic (exact) mass is 310 g/mol. The standard InChI is InChI=1S/C18H15ClN2O/c1-11-10-21-17(14-6-4-3-5-13(11)14)15-9-12(18(22)20-2)7-8-16(15)19/h3-10H,1-2H3,(H,20,22). The highest BCUT2D eigenvalue weighted by Gasteiger charge is 2.13. The Morgan fingerprint density at radius 3 is 2.59 bits per heavy atom. The van der Waals surface area contributed by atoms with Gasteiger partial charge in [-0.3, -0.25) is 9.78 Å². The van der Waals surface area contributed by atoms with Gasteiger partial charge in [-0.25, -0.2) is 0 Å². The van der Waals surface area contributed by atoms with Crippen LogP contribution in [-0.4, -0.2) is 17.9 Å². The van der Waals surface area contributed by atoms with Gasteiger partial charge in [0.25, 0.3) is 5.91 Å². The number of hydrogen-bond donors (Lipinski definition) is 1. The largest absolute Gasteiger partial charge is 0.355 e. The van der Waals surface area contributed by atoms with E-state index < -0.39 is 0 Å². The molecule has 0 saturated carbocycles. The van der Waals surface area contributed by atoms with Gasteiger partial charge in [-0.2, -0.15) is 0 Å². The second-order valence-corrected chi connectivity index (χ2v) is 5.52. The number of fused-ring (bicyclic) bond motifs is 1. The number of hydrogen-bond acceptors (Lipinski definition) is 2. The first-order valence-corrected chi connectivity index (χ1v) is 7.36. The first-order chi connectivity index (χ1) is 10.6. The summed E-state index contributed by atoms with van der Waals surface area (Å²) in [4.78, 5) is 16.4. The molecule has 1 heterocycles. The van der Waals surface area contributed by atoms with E-state index in [2.05, 4.69) is 16.4 Å². The van der Waals surface area contributed by atoms with Crippen LogP contribution in [0.5, 0.6) is 0 Å². The number of nitrogens with one attached hydrogen (secondary N) is 1. The number of aryl methyl sites for hydroxylation is 1. The lowest BCUT2D eigenvalue weighted by atomic mass is 10.00. The van der Waals surface area contributed by atoms with Gasteiger partial charge in [0.05, 0.1) is 10.7 Å². The van der Waals surface area contributed by atoms with Gasteiger partial charge in [0.1, 0.15) is 0 Å². The van der Waals surface area contributed by atoms with E-state index >= 15 is 0 Å². The zero-order chi connectivity index (χ0) is 15.7. The Kier molecular flexibility index (Phi) is 3.82. The van der Waals surface area contributed by atoms with Crippen LogP contribution in [0.15, 0.2) is 48.7 Å². The van der Waals surface area contributed by atoms with E-state index in [-0.39, 0.29) is 5.91 Å². The minimum absolute atomic E-state index is 0.144. The third-order valence-electron chi connectivity index (χ3n) is 3.71. The minimum atomic E-state index is -0.144. The Hall–Kier alpha value is -2.39.